The first-order valence-corrected chi connectivity index (χ1v) is 14.0. The Labute approximate surface area is 188 Å². The third-order valence-electron chi connectivity index (χ3n) is 5.57. The summed E-state index contributed by atoms with van der Waals surface area (Å²) in [6, 6.07) is 19.3. The lowest BCUT2D eigenvalue weighted by atomic mass is 10.3. The Morgan fingerprint density at radius 2 is 0.903 bits per heavy atom. The summed E-state index contributed by atoms with van der Waals surface area (Å²) in [6.45, 7) is 14.5. The van der Waals surface area contributed by atoms with Gasteiger partial charge >= 0.3 is 12.1 Å². The lowest BCUT2D eigenvalue weighted by Crippen LogP contribution is -2.69. The van der Waals surface area contributed by atoms with Crippen LogP contribution < -0.4 is 9.13 Å². The number of carbonyl (C=O) groups is 2. The van der Waals surface area contributed by atoms with Crippen LogP contribution in [0, 0.1) is 0 Å². The van der Waals surface area contributed by atoms with Crippen molar-refractivity contribution in [3.8, 4) is 0 Å². The highest BCUT2D eigenvalue weighted by Gasteiger charge is 2.46. The van der Waals surface area contributed by atoms with Crippen LogP contribution in [0.4, 0.5) is 21.0 Å². The van der Waals surface area contributed by atoms with Crippen LogP contribution in [0.25, 0.3) is 0 Å². The van der Waals surface area contributed by atoms with Gasteiger partial charge in [0.1, 0.15) is 0 Å². The first-order chi connectivity index (χ1) is 14.8. The van der Waals surface area contributed by atoms with Gasteiger partial charge in [0.15, 0.2) is 0 Å². The molecule has 0 bridgehead atoms. The quantitative estimate of drug-likeness (QED) is 0.500. The van der Waals surface area contributed by atoms with E-state index in [2.05, 4.69) is 13.1 Å². The number of carbonyl (C=O) groups excluding carboxylic acids is 2. The van der Waals surface area contributed by atoms with E-state index in [1.54, 1.807) is 0 Å². The predicted molar refractivity (Wildman–Crippen MR) is 132 cm³/mol. The predicted octanol–water partition coefficient (Wildman–Crippen LogP) is 5.63. The van der Waals surface area contributed by atoms with Crippen LogP contribution in [0.2, 0.25) is 13.1 Å². The average molecular weight is 441 g/mol. The van der Waals surface area contributed by atoms with Crippen molar-refractivity contribution in [1.82, 2.24) is 9.80 Å². The minimum absolute atomic E-state index is 0.0684. The summed E-state index contributed by atoms with van der Waals surface area (Å²) in [5, 5.41) is 0. The molecule has 0 saturated carbocycles. The highest BCUT2D eigenvalue weighted by molar-refractivity contribution is 6.89. The van der Waals surface area contributed by atoms with Gasteiger partial charge in [-0.25, -0.2) is 9.59 Å². The van der Waals surface area contributed by atoms with Gasteiger partial charge in [0.2, 0.25) is 0 Å². The first kappa shape index (κ1) is 24.5. The zero-order chi connectivity index (χ0) is 23.0. The maximum absolute atomic E-state index is 13.8. The Bertz CT molecular complexity index is 768. The van der Waals surface area contributed by atoms with E-state index in [1.165, 1.54) is 0 Å². The van der Waals surface area contributed by atoms with Crippen molar-refractivity contribution >= 4 is 31.8 Å². The highest BCUT2D eigenvalue weighted by Crippen LogP contribution is 2.31. The van der Waals surface area contributed by atoms with Gasteiger partial charge < -0.3 is 18.9 Å². The van der Waals surface area contributed by atoms with Gasteiger partial charge in [0, 0.05) is 37.6 Å². The minimum Gasteiger partial charge on any atom is -0.326 e. The molecule has 0 radical (unpaired) electrons. The summed E-state index contributed by atoms with van der Waals surface area (Å²) in [4.78, 5) is 31.1. The minimum atomic E-state index is -2.88. The summed E-state index contributed by atoms with van der Waals surface area (Å²) in [5.41, 5.74) is 1.62. The van der Waals surface area contributed by atoms with Crippen LogP contribution >= 0.6 is 0 Å². The number of nitrogens with zero attached hydrogens (tertiary/aromatic N) is 4. The van der Waals surface area contributed by atoms with Crippen molar-refractivity contribution in [3.05, 3.63) is 60.7 Å². The number of hydrogen-bond donors (Lipinski definition) is 0. The Hall–Kier alpha value is -2.80. The maximum Gasteiger partial charge on any atom is 0.317 e. The van der Waals surface area contributed by atoms with E-state index in [-0.39, 0.29) is 12.1 Å². The number of benzene rings is 2. The van der Waals surface area contributed by atoms with E-state index in [9.17, 15) is 9.59 Å². The summed E-state index contributed by atoms with van der Waals surface area (Å²) in [7, 11) is -2.88. The fraction of sp³-hybridized carbons (Fsp3) is 0.417. The fourth-order valence-corrected chi connectivity index (χ4v) is 6.83. The van der Waals surface area contributed by atoms with Gasteiger partial charge in [0.05, 0.1) is 0 Å². The topological polar surface area (TPSA) is 47.1 Å². The largest absolute Gasteiger partial charge is 0.326 e. The monoisotopic (exact) mass is 440 g/mol. The SMILES string of the molecule is CCN(CC)C(=O)N(c1ccccc1)[Si](C)(C)N(C(=O)N(CC)CC)c1ccccc1. The van der Waals surface area contributed by atoms with E-state index in [0.29, 0.717) is 26.2 Å². The molecule has 168 valence electrons. The highest BCUT2D eigenvalue weighted by atomic mass is 28.3. The number of para-hydroxylation sites is 2. The molecule has 0 aliphatic rings. The molecule has 4 amide bonds. The number of urea groups is 2. The Kier molecular flexibility index (Phi) is 8.68. The molecule has 2 aromatic carbocycles. The van der Waals surface area contributed by atoms with Gasteiger partial charge in [-0.1, -0.05) is 36.4 Å². The fourth-order valence-electron chi connectivity index (χ4n) is 3.85. The summed E-state index contributed by atoms with van der Waals surface area (Å²) in [6.07, 6.45) is 0. The van der Waals surface area contributed by atoms with Crippen LogP contribution in [-0.2, 0) is 0 Å². The van der Waals surface area contributed by atoms with Gasteiger partial charge in [-0.2, -0.15) is 0 Å². The molecule has 31 heavy (non-hydrogen) atoms. The van der Waals surface area contributed by atoms with Gasteiger partial charge in [0.25, 0.3) is 8.40 Å². The molecule has 0 heterocycles. The Balaban J connectivity index is 2.69. The van der Waals surface area contributed by atoms with E-state index in [4.69, 9.17) is 0 Å². The molecule has 6 nitrogen and oxygen atoms in total. The van der Waals surface area contributed by atoms with Crippen LogP contribution in [0.15, 0.2) is 60.7 Å². The Morgan fingerprint density at radius 1 is 0.613 bits per heavy atom. The van der Waals surface area contributed by atoms with Crippen molar-refractivity contribution in [2.75, 3.05) is 35.3 Å². The molecule has 0 N–H and O–H groups in total. The molecule has 0 aliphatic carbocycles. The smallest absolute Gasteiger partial charge is 0.317 e. The normalized spacial score (nSPS) is 11.0. The summed E-state index contributed by atoms with van der Waals surface area (Å²) < 4.78 is 3.74. The first-order valence-electron chi connectivity index (χ1n) is 11.1. The number of amides is 4. The molecule has 2 rings (SSSR count). The molecule has 0 saturated heterocycles. The number of hydrogen-bond acceptors (Lipinski definition) is 2. The molecule has 0 spiro atoms. The average Bonchev–Trinajstić information content (AvgIpc) is 2.77. The Morgan fingerprint density at radius 3 is 1.16 bits per heavy atom. The van der Waals surface area contributed by atoms with Crippen molar-refractivity contribution < 1.29 is 9.59 Å². The number of rotatable bonds is 8. The standard InChI is InChI=1S/C24H36N4O2Si/c1-7-25(8-2)23(29)27(21-17-13-11-14-18-21)31(5,6)28(22-19-15-12-16-20-22)24(30)26(9-3)10-4/h11-20H,7-10H2,1-6H3. The van der Waals surface area contributed by atoms with E-state index < -0.39 is 8.40 Å². The third kappa shape index (κ3) is 5.28. The zero-order valence-corrected chi connectivity index (χ0v) is 20.7. The maximum atomic E-state index is 13.8. The van der Waals surface area contributed by atoms with Gasteiger partial charge in [-0.3, -0.25) is 0 Å². The zero-order valence-electron chi connectivity index (χ0n) is 19.7. The number of anilines is 2. The molecular formula is C24H36N4O2Si. The molecule has 7 heteroatoms. The molecule has 0 aromatic heterocycles. The van der Waals surface area contributed by atoms with Gasteiger partial charge in [-0.15, -0.1) is 0 Å². The van der Waals surface area contributed by atoms with Crippen LogP contribution in [0.3, 0.4) is 0 Å². The van der Waals surface area contributed by atoms with E-state index in [1.807, 2.05) is 107 Å². The van der Waals surface area contributed by atoms with Crippen molar-refractivity contribution in [3.63, 3.8) is 0 Å². The second-order valence-corrected chi connectivity index (χ2v) is 11.6. The van der Waals surface area contributed by atoms with Crippen LogP contribution in [-0.4, -0.2) is 56.4 Å². The molecule has 2 aromatic rings. The summed E-state index contributed by atoms with van der Waals surface area (Å²) in [5.74, 6) is 0. The second kappa shape index (κ2) is 11.0. The molecule has 0 fully saturated rings. The van der Waals surface area contributed by atoms with Crippen molar-refractivity contribution in [2.24, 2.45) is 0 Å². The van der Waals surface area contributed by atoms with E-state index >= 15 is 0 Å². The molecule has 0 aliphatic heterocycles. The van der Waals surface area contributed by atoms with Crippen LogP contribution in [0.1, 0.15) is 27.7 Å². The second-order valence-electron chi connectivity index (χ2n) is 7.75. The third-order valence-corrected chi connectivity index (χ3v) is 8.66. The van der Waals surface area contributed by atoms with Crippen LogP contribution in [0.5, 0.6) is 0 Å². The summed E-state index contributed by atoms with van der Waals surface area (Å²) >= 11 is 0. The molecule has 0 atom stereocenters. The lowest BCUT2D eigenvalue weighted by Gasteiger charge is -2.47. The molecular weight excluding hydrogens is 404 g/mol. The van der Waals surface area contributed by atoms with E-state index in [0.717, 1.165) is 11.4 Å². The van der Waals surface area contributed by atoms with Crippen molar-refractivity contribution in [1.29, 1.82) is 0 Å². The van der Waals surface area contributed by atoms with Gasteiger partial charge in [-0.05, 0) is 65.1 Å². The lowest BCUT2D eigenvalue weighted by molar-refractivity contribution is 0.212. The van der Waals surface area contributed by atoms with Crippen molar-refractivity contribution in [2.45, 2.75) is 40.8 Å². The molecule has 0 unspecified atom stereocenters.